The van der Waals surface area contributed by atoms with E-state index in [1.165, 1.54) is 28.9 Å². The number of H-pyrrole nitrogens is 1. The number of aromatic nitrogens is 5. The van der Waals surface area contributed by atoms with E-state index in [-0.39, 0.29) is 23.3 Å². The zero-order chi connectivity index (χ0) is 19.0. The van der Waals surface area contributed by atoms with Gasteiger partial charge in [-0.3, -0.25) is 4.79 Å². The molecule has 4 rings (SSSR count). The van der Waals surface area contributed by atoms with Crippen LogP contribution in [0.1, 0.15) is 22.5 Å². The van der Waals surface area contributed by atoms with Crippen LogP contribution in [0.3, 0.4) is 0 Å². The highest BCUT2D eigenvalue weighted by molar-refractivity contribution is 5.68. The van der Waals surface area contributed by atoms with Crippen LogP contribution in [0.5, 0.6) is 0 Å². The molecule has 0 saturated heterocycles. The summed E-state index contributed by atoms with van der Waals surface area (Å²) in [5.74, 6) is -4.19. The molecule has 8 heteroatoms. The first kappa shape index (κ1) is 17.0. The van der Waals surface area contributed by atoms with Gasteiger partial charge in [0.15, 0.2) is 17.0 Å². The number of hydrogen-bond donors (Lipinski definition) is 1. The Bertz CT molecular complexity index is 1170. The van der Waals surface area contributed by atoms with Crippen molar-refractivity contribution in [3.8, 4) is 0 Å². The lowest BCUT2D eigenvalue weighted by Gasteiger charge is -2.15. The molecule has 0 amide bonds. The molecule has 2 aromatic carbocycles. The zero-order valence-corrected chi connectivity index (χ0v) is 14.4. The summed E-state index contributed by atoms with van der Waals surface area (Å²) in [5.41, 5.74) is 0.888. The smallest absolute Gasteiger partial charge is 0.303 e. The van der Waals surface area contributed by atoms with Gasteiger partial charge < -0.3 is 4.98 Å². The molecule has 0 fully saturated rings. The van der Waals surface area contributed by atoms with E-state index < -0.39 is 17.3 Å². The van der Waals surface area contributed by atoms with Gasteiger partial charge >= 0.3 is 5.92 Å². The highest BCUT2D eigenvalue weighted by Crippen LogP contribution is 2.33. The molecule has 0 aliphatic carbocycles. The largest absolute Gasteiger partial charge is 0.330 e. The van der Waals surface area contributed by atoms with Crippen LogP contribution in [0.4, 0.5) is 8.78 Å². The second-order valence-corrected chi connectivity index (χ2v) is 6.20. The molecule has 4 aromatic rings. The third kappa shape index (κ3) is 2.99. The van der Waals surface area contributed by atoms with Gasteiger partial charge in [-0.05, 0) is 18.1 Å². The first-order valence-corrected chi connectivity index (χ1v) is 8.28. The number of nitrogens with zero attached hydrogens (tertiary/aromatic N) is 4. The maximum absolute atomic E-state index is 14.8. The minimum Gasteiger partial charge on any atom is -0.303 e. The summed E-state index contributed by atoms with van der Waals surface area (Å²) in [6.45, 7) is 2.21. The van der Waals surface area contributed by atoms with Gasteiger partial charge in [0.1, 0.15) is 0 Å². The Morgan fingerprint density at radius 1 is 1.07 bits per heavy atom. The highest BCUT2D eigenvalue weighted by Gasteiger charge is 2.37. The molecular weight excluding hydrogens is 352 g/mol. The van der Waals surface area contributed by atoms with Gasteiger partial charge in [-0.15, -0.1) is 5.10 Å². The predicted molar refractivity (Wildman–Crippen MR) is 95.7 cm³/mol. The van der Waals surface area contributed by atoms with Crippen LogP contribution in [-0.2, 0) is 12.5 Å². The summed E-state index contributed by atoms with van der Waals surface area (Å²) >= 11 is 0. The van der Waals surface area contributed by atoms with Crippen molar-refractivity contribution in [1.82, 2.24) is 25.0 Å². The average Bonchev–Trinajstić information content (AvgIpc) is 3.08. The zero-order valence-electron chi connectivity index (χ0n) is 14.4. The Balaban J connectivity index is 1.83. The van der Waals surface area contributed by atoms with E-state index in [1.54, 1.807) is 6.07 Å². The number of hydrogen-bond acceptors (Lipinski definition) is 4. The second kappa shape index (κ2) is 6.39. The Labute approximate surface area is 152 Å². The first-order chi connectivity index (χ1) is 13.0. The summed E-state index contributed by atoms with van der Waals surface area (Å²) in [4.78, 5) is 18.4. The van der Waals surface area contributed by atoms with Gasteiger partial charge in [-0.2, -0.15) is 8.78 Å². The Morgan fingerprint density at radius 3 is 2.52 bits per heavy atom. The van der Waals surface area contributed by atoms with Crippen molar-refractivity contribution in [3.63, 3.8) is 0 Å². The Kier molecular flexibility index (Phi) is 4.02. The van der Waals surface area contributed by atoms with Gasteiger partial charge in [-0.1, -0.05) is 59.8 Å². The van der Waals surface area contributed by atoms with Crippen molar-refractivity contribution in [3.05, 3.63) is 87.5 Å². The molecule has 6 nitrogen and oxygen atoms in total. The summed E-state index contributed by atoms with van der Waals surface area (Å²) in [5, 5.41) is 7.73. The van der Waals surface area contributed by atoms with Crippen LogP contribution in [0.15, 0.2) is 59.4 Å². The minimum atomic E-state index is -3.45. The van der Waals surface area contributed by atoms with E-state index in [9.17, 15) is 13.6 Å². The average molecular weight is 367 g/mol. The number of nitrogens with one attached hydrogen (secondary N) is 1. The lowest BCUT2D eigenvalue weighted by Crippen LogP contribution is -2.24. The molecule has 0 unspecified atom stereocenters. The van der Waals surface area contributed by atoms with Crippen molar-refractivity contribution >= 4 is 11.2 Å². The summed E-state index contributed by atoms with van der Waals surface area (Å²) < 4.78 is 31.0. The maximum atomic E-state index is 14.8. The molecule has 0 atom stereocenters. The standard InChI is InChI=1S/C19H15F2N5O/c1-12-7-5-6-8-13(12)11-26-16-15(24-25-26)17(27)23-18(22-16)19(20,21)14-9-3-2-4-10-14/h2-10H,11H2,1H3,(H,22,23,27). The first-order valence-electron chi connectivity index (χ1n) is 8.28. The molecule has 0 spiro atoms. The third-order valence-electron chi connectivity index (χ3n) is 4.39. The van der Waals surface area contributed by atoms with Gasteiger partial charge in [0, 0.05) is 5.56 Å². The fraction of sp³-hybridized carbons (Fsp3) is 0.158. The van der Waals surface area contributed by atoms with Crippen LogP contribution in [-0.4, -0.2) is 25.0 Å². The molecule has 0 aliphatic heterocycles. The van der Waals surface area contributed by atoms with E-state index in [0.717, 1.165) is 11.1 Å². The van der Waals surface area contributed by atoms with E-state index >= 15 is 0 Å². The molecule has 136 valence electrons. The maximum Gasteiger partial charge on any atom is 0.330 e. The molecular formula is C19H15F2N5O. The molecule has 0 saturated carbocycles. The van der Waals surface area contributed by atoms with Gasteiger partial charge in [0.05, 0.1) is 6.54 Å². The van der Waals surface area contributed by atoms with Gasteiger partial charge in [0.25, 0.3) is 5.56 Å². The van der Waals surface area contributed by atoms with Crippen molar-refractivity contribution < 1.29 is 8.78 Å². The SMILES string of the molecule is Cc1ccccc1Cn1nnc2c(=O)[nH]c(C(F)(F)c3ccccc3)nc21. The van der Waals surface area contributed by atoms with Crippen molar-refractivity contribution in [1.29, 1.82) is 0 Å². The predicted octanol–water partition coefficient (Wildman–Crippen LogP) is 3.01. The number of alkyl halides is 2. The van der Waals surface area contributed by atoms with E-state index in [4.69, 9.17) is 0 Å². The van der Waals surface area contributed by atoms with Crippen LogP contribution >= 0.6 is 0 Å². The minimum absolute atomic E-state index is 0.0209. The summed E-state index contributed by atoms with van der Waals surface area (Å²) in [7, 11) is 0. The van der Waals surface area contributed by atoms with Crippen LogP contribution in [0.25, 0.3) is 11.2 Å². The fourth-order valence-corrected chi connectivity index (χ4v) is 2.85. The van der Waals surface area contributed by atoms with Crippen molar-refractivity contribution in [2.24, 2.45) is 0 Å². The quantitative estimate of drug-likeness (QED) is 0.602. The van der Waals surface area contributed by atoms with Crippen LogP contribution < -0.4 is 5.56 Å². The highest BCUT2D eigenvalue weighted by atomic mass is 19.3. The van der Waals surface area contributed by atoms with Gasteiger partial charge in [-0.25, -0.2) is 9.67 Å². The fourth-order valence-electron chi connectivity index (χ4n) is 2.85. The van der Waals surface area contributed by atoms with E-state index in [0.29, 0.717) is 0 Å². The number of fused-ring (bicyclic) bond motifs is 1. The molecule has 2 heterocycles. The number of aryl methyl sites for hydroxylation is 1. The number of benzene rings is 2. The summed E-state index contributed by atoms with van der Waals surface area (Å²) in [6.07, 6.45) is 0. The van der Waals surface area contributed by atoms with Crippen molar-refractivity contribution in [2.75, 3.05) is 0 Å². The van der Waals surface area contributed by atoms with Crippen LogP contribution in [0, 0.1) is 6.92 Å². The molecule has 0 radical (unpaired) electrons. The number of halogens is 2. The number of aromatic amines is 1. The van der Waals surface area contributed by atoms with E-state index in [1.807, 2.05) is 31.2 Å². The van der Waals surface area contributed by atoms with E-state index in [2.05, 4.69) is 20.3 Å². The molecule has 0 bridgehead atoms. The normalized spacial score (nSPS) is 11.8. The Hall–Kier alpha value is -3.42. The molecule has 2 aromatic heterocycles. The topological polar surface area (TPSA) is 76.5 Å². The number of rotatable bonds is 4. The lowest BCUT2D eigenvalue weighted by molar-refractivity contribution is 0.0329. The molecule has 27 heavy (non-hydrogen) atoms. The second-order valence-electron chi connectivity index (χ2n) is 6.20. The third-order valence-corrected chi connectivity index (χ3v) is 4.39. The molecule has 0 aliphatic rings. The molecule has 1 N–H and O–H groups in total. The van der Waals surface area contributed by atoms with Gasteiger partial charge in [0.2, 0.25) is 0 Å². The lowest BCUT2D eigenvalue weighted by atomic mass is 10.1. The van der Waals surface area contributed by atoms with Crippen molar-refractivity contribution in [2.45, 2.75) is 19.4 Å². The summed E-state index contributed by atoms with van der Waals surface area (Å²) in [6, 6.07) is 14.8. The monoisotopic (exact) mass is 367 g/mol. The van der Waals surface area contributed by atoms with Crippen LogP contribution in [0.2, 0.25) is 0 Å². The Morgan fingerprint density at radius 2 is 1.78 bits per heavy atom.